The zero-order chi connectivity index (χ0) is 26.2. The monoisotopic (exact) mass is 498 g/mol. The number of aromatic hydroxyl groups is 2. The smallest absolute Gasteiger partial charge is 0.201 e. The summed E-state index contributed by atoms with van der Waals surface area (Å²) in [6, 6.07) is 34.8. The van der Waals surface area contributed by atoms with E-state index in [0.29, 0.717) is 33.9 Å². The minimum absolute atomic E-state index is 0.0707. The molecule has 4 aromatic carbocycles. The lowest BCUT2D eigenvalue weighted by Gasteiger charge is -2.12. The first-order chi connectivity index (χ1) is 18.5. The summed E-state index contributed by atoms with van der Waals surface area (Å²) in [6.45, 7) is 0. The molecule has 2 aromatic heterocycles. The molecule has 0 spiro atoms. The molecule has 2 heterocycles. The number of para-hydroxylation sites is 4. The Morgan fingerprint density at radius 3 is 1.24 bits per heavy atom. The van der Waals surface area contributed by atoms with Crippen LogP contribution in [0, 0.1) is 0 Å². The number of aromatic nitrogens is 2. The maximum atomic E-state index is 11.5. The molecule has 0 aliphatic heterocycles. The summed E-state index contributed by atoms with van der Waals surface area (Å²) in [5.74, 6) is 0.141. The van der Waals surface area contributed by atoms with Crippen LogP contribution in [0.25, 0.3) is 21.8 Å². The number of hydrogen-bond acceptors (Lipinski definition) is 4. The Labute approximate surface area is 220 Å². The molecule has 6 rings (SSSR count). The second kappa shape index (κ2) is 9.41. The van der Waals surface area contributed by atoms with Crippen molar-refractivity contribution in [1.82, 2.24) is 9.13 Å². The van der Waals surface area contributed by atoms with Crippen LogP contribution in [0.2, 0.25) is 0 Å². The van der Waals surface area contributed by atoms with Gasteiger partial charge in [-0.15, -0.1) is 0 Å². The average molecular weight is 499 g/mol. The van der Waals surface area contributed by atoms with Crippen LogP contribution in [0.15, 0.2) is 119 Å². The highest BCUT2D eigenvalue weighted by Gasteiger charge is 2.29. The summed E-state index contributed by atoms with van der Waals surface area (Å²) in [4.78, 5) is 10.2. The third-order valence-electron chi connectivity index (χ3n) is 6.84. The molecule has 0 fully saturated rings. The minimum atomic E-state index is 0.0707. The zero-order valence-electron chi connectivity index (χ0n) is 21.1. The van der Waals surface area contributed by atoms with Gasteiger partial charge in [0.1, 0.15) is 11.4 Å². The highest BCUT2D eigenvalue weighted by atomic mass is 16.3. The Kier molecular flexibility index (Phi) is 5.77. The molecule has 0 amide bonds. The van der Waals surface area contributed by atoms with Crippen LogP contribution < -0.4 is 0 Å². The van der Waals surface area contributed by atoms with Crippen LogP contribution in [0.5, 0.6) is 11.8 Å². The van der Waals surface area contributed by atoms with E-state index in [1.165, 1.54) is 0 Å². The normalized spacial score (nSPS) is 12.5. The molecule has 0 radical (unpaired) electrons. The number of aliphatic imine (C=N–C) groups is 2. The maximum Gasteiger partial charge on any atom is 0.201 e. The Morgan fingerprint density at radius 2 is 0.842 bits per heavy atom. The van der Waals surface area contributed by atoms with Crippen molar-refractivity contribution in [2.45, 2.75) is 0 Å². The van der Waals surface area contributed by atoms with E-state index in [0.717, 1.165) is 21.8 Å². The molecule has 2 N–H and O–H groups in total. The lowest BCUT2D eigenvalue weighted by molar-refractivity contribution is 0.433. The molecule has 0 saturated carbocycles. The molecule has 186 valence electrons. The van der Waals surface area contributed by atoms with Gasteiger partial charge in [-0.2, -0.15) is 0 Å². The van der Waals surface area contributed by atoms with Gasteiger partial charge in [0.05, 0.1) is 33.5 Å². The largest absolute Gasteiger partial charge is 0.494 e. The lowest BCUT2D eigenvalue weighted by atomic mass is 9.97. The molecule has 0 saturated heterocycles. The van der Waals surface area contributed by atoms with Crippen LogP contribution in [0.4, 0.5) is 11.4 Å². The Balaban J connectivity index is 1.76. The molecule has 38 heavy (non-hydrogen) atoms. The zero-order valence-corrected chi connectivity index (χ0v) is 21.1. The quantitative estimate of drug-likeness (QED) is 0.251. The van der Waals surface area contributed by atoms with Crippen LogP contribution >= 0.6 is 0 Å². The van der Waals surface area contributed by atoms with Gasteiger partial charge in [-0.3, -0.25) is 0 Å². The van der Waals surface area contributed by atoms with Crippen molar-refractivity contribution >= 4 is 44.6 Å². The third kappa shape index (κ3) is 3.83. The number of rotatable bonds is 5. The van der Waals surface area contributed by atoms with Crippen molar-refractivity contribution in [1.29, 1.82) is 0 Å². The van der Waals surface area contributed by atoms with Crippen LogP contribution in [0.3, 0.4) is 0 Å². The van der Waals surface area contributed by atoms with Gasteiger partial charge in [0.15, 0.2) is 0 Å². The predicted octanol–water partition coefficient (Wildman–Crippen LogP) is 7.02. The summed E-state index contributed by atoms with van der Waals surface area (Å²) in [6.07, 6.45) is 0. The summed E-state index contributed by atoms with van der Waals surface area (Å²) in [5.41, 5.74) is 5.15. The second-order valence-electron chi connectivity index (χ2n) is 9.14. The van der Waals surface area contributed by atoms with E-state index in [2.05, 4.69) is 0 Å². The van der Waals surface area contributed by atoms with Gasteiger partial charge < -0.3 is 19.3 Å². The predicted molar refractivity (Wildman–Crippen MR) is 154 cm³/mol. The Hall–Kier alpha value is -5.10. The van der Waals surface area contributed by atoms with E-state index in [1.807, 2.05) is 123 Å². The summed E-state index contributed by atoms with van der Waals surface area (Å²) in [5, 5.41) is 24.6. The van der Waals surface area contributed by atoms with Crippen molar-refractivity contribution in [2.24, 2.45) is 24.1 Å². The molecule has 0 bridgehead atoms. The van der Waals surface area contributed by atoms with E-state index in [-0.39, 0.29) is 11.8 Å². The molecule has 6 nitrogen and oxygen atoms in total. The fourth-order valence-corrected chi connectivity index (χ4v) is 4.94. The van der Waals surface area contributed by atoms with Gasteiger partial charge in [-0.25, -0.2) is 9.98 Å². The number of fused-ring (bicyclic) bond motifs is 2. The van der Waals surface area contributed by atoms with Gasteiger partial charge >= 0.3 is 0 Å². The van der Waals surface area contributed by atoms with Crippen LogP contribution in [-0.4, -0.2) is 30.8 Å². The van der Waals surface area contributed by atoms with E-state index >= 15 is 0 Å². The number of benzene rings is 4. The van der Waals surface area contributed by atoms with Crippen molar-refractivity contribution in [3.05, 3.63) is 120 Å². The highest BCUT2D eigenvalue weighted by molar-refractivity contribution is 6.58. The van der Waals surface area contributed by atoms with Gasteiger partial charge in [-0.1, -0.05) is 72.8 Å². The lowest BCUT2D eigenvalue weighted by Crippen LogP contribution is -2.17. The minimum Gasteiger partial charge on any atom is -0.494 e. The molecule has 6 heteroatoms. The van der Waals surface area contributed by atoms with Crippen LogP contribution in [-0.2, 0) is 14.1 Å². The van der Waals surface area contributed by atoms with Gasteiger partial charge in [0.25, 0.3) is 0 Å². The average Bonchev–Trinajstić information content (AvgIpc) is 3.36. The molecule has 0 atom stereocenters. The summed E-state index contributed by atoms with van der Waals surface area (Å²) in [7, 11) is 3.65. The molecular weight excluding hydrogens is 472 g/mol. The van der Waals surface area contributed by atoms with Crippen molar-refractivity contribution in [3.8, 4) is 11.8 Å². The van der Waals surface area contributed by atoms with Gasteiger partial charge in [-0.05, 0) is 36.4 Å². The second-order valence-corrected chi connectivity index (χ2v) is 9.14. The molecule has 0 aliphatic rings. The van der Waals surface area contributed by atoms with Crippen molar-refractivity contribution < 1.29 is 10.2 Å². The fraction of sp³-hybridized carbons (Fsp3) is 0.0625. The van der Waals surface area contributed by atoms with E-state index < -0.39 is 0 Å². The first kappa shape index (κ1) is 23.3. The van der Waals surface area contributed by atoms with E-state index in [9.17, 15) is 10.2 Å². The molecule has 0 unspecified atom stereocenters. The highest BCUT2D eigenvalue weighted by Crippen LogP contribution is 2.37. The topological polar surface area (TPSA) is 75.0 Å². The van der Waals surface area contributed by atoms with Crippen LogP contribution in [0.1, 0.15) is 11.1 Å². The number of aryl methyl sites for hydroxylation is 2. The summed E-state index contributed by atoms with van der Waals surface area (Å²) < 4.78 is 3.49. The van der Waals surface area contributed by atoms with E-state index in [4.69, 9.17) is 9.98 Å². The fourth-order valence-electron chi connectivity index (χ4n) is 4.94. The van der Waals surface area contributed by atoms with Crippen molar-refractivity contribution in [2.75, 3.05) is 0 Å². The Bertz CT molecular complexity index is 1710. The molecular formula is C32H26N4O2. The first-order valence-electron chi connectivity index (χ1n) is 12.4. The van der Waals surface area contributed by atoms with Gasteiger partial charge in [0, 0.05) is 24.9 Å². The molecule has 6 aromatic rings. The number of nitrogens with zero attached hydrogens (tertiary/aromatic N) is 4. The van der Waals surface area contributed by atoms with E-state index in [1.54, 1.807) is 9.13 Å². The SMILES string of the molecule is Cn1c(O)c(C(=Nc2ccccc2)C(=Nc2ccccc2)c2c(O)n(C)c3ccccc23)c2ccccc21. The molecule has 0 aliphatic carbocycles. The maximum absolute atomic E-state index is 11.5. The van der Waals surface area contributed by atoms with Crippen molar-refractivity contribution in [3.63, 3.8) is 0 Å². The summed E-state index contributed by atoms with van der Waals surface area (Å²) >= 11 is 0. The Morgan fingerprint density at radius 1 is 0.500 bits per heavy atom. The number of hydrogen-bond donors (Lipinski definition) is 2. The van der Waals surface area contributed by atoms with Gasteiger partial charge in [0.2, 0.25) is 11.8 Å². The standard InChI is InChI=1S/C32H26N4O2/c1-35-25-19-11-9-17-23(25)27(31(35)37)29(33-21-13-5-3-6-14-21)30(34-22-15-7-4-8-16-22)28-24-18-10-12-20-26(24)36(2)32(28)38/h3-20,37-38H,1-2H3. The first-order valence-corrected chi connectivity index (χ1v) is 12.4. The third-order valence-corrected chi connectivity index (χ3v) is 6.84.